The second kappa shape index (κ2) is 4.33. The summed E-state index contributed by atoms with van der Waals surface area (Å²) >= 11 is 0. The summed E-state index contributed by atoms with van der Waals surface area (Å²) in [5.41, 5.74) is 1.13. The molecule has 0 saturated heterocycles. The quantitative estimate of drug-likeness (QED) is 0.556. The summed E-state index contributed by atoms with van der Waals surface area (Å²) < 4.78 is 6.60. The molecule has 2 rings (SSSR count). The SMILES string of the molecule is COc1cc(N=C=O)ccc1-n1cnnn1. The molecule has 0 amide bonds. The van der Waals surface area contributed by atoms with Gasteiger partial charge >= 0.3 is 0 Å². The van der Waals surface area contributed by atoms with Gasteiger partial charge < -0.3 is 4.74 Å². The Balaban J connectivity index is 2.51. The highest BCUT2D eigenvalue weighted by atomic mass is 16.5. The van der Waals surface area contributed by atoms with Crippen molar-refractivity contribution in [2.45, 2.75) is 0 Å². The first-order valence-corrected chi connectivity index (χ1v) is 4.34. The van der Waals surface area contributed by atoms with Gasteiger partial charge in [-0.25, -0.2) is 4.79 Å². The van der Waals surface area contributed by atoms with E-state index < -0.39 is 0 Å². The third-order valence-electron chi connectivity index (χ3n) is 1.93. The summed E-state index contributed by atoms with van der Waals surface area (Å²) in [4.78, 5) is 13.6. The first kappa shape index (κ1) is 10.0. The predicted octanol–water partition coefficient (Wildman–Crippen LogP) is 0.638. The van der Waals surface area contributed by atoms with Crippen LogP contribution in [0.3, 0.4) is 0 Å². The Morgan fingerprint density at radius 1 is 1.50 bits per heavy atom. The smallest absolute Gasteiger partial charge is 0.240 e. The number of carbonyl (C=O) groups excluding carboxylic acids is 1. The minimum atomic E-state index is 0.462. The lowest BCUT2D eigenvalue weighted by Crippen LogP contribution is -1.98. The van der Waals surface area contributed by atoms with E-state index in [1.165, 1.54) is 24.2 Å². The van der Waals surface area contributed by atoms with E-state index >= 15 is 0 Å². The first-order chi connectivity index (χ1) is 7.85. The van der Waals surface area contributed by atoms with Gasteiger partial charge in [0.15, 0.2) is 0 Å². The number of isocyanates is 1. The fourth-order valence-corrected chi connectivity index (χ4v) is 1.25. The van der Waals surface area contributed by atoms with Crippen LogP contribution < -0.4 is 4.74 Å². The van der Waals surface area contributed by atoms with Gasteiger partial charge in [-0.1, -0.05) is 0 Å². The van der Waals surface area contributed by atoms with Crippen LogP contribution in [0.15, 0.2) is 29.5 Å². The Bertz CT molecular complexity index is 531. The highest BCUT2D eigenvalue weighted by Gasteiger charge is 2.07. The minimum Gasteiger partial charge on any atom is -0.494 e. The highest BCUT2D eigenvalue weighted by Crippen LogP contribution is 2.26. The number of hydrogen-bond donors (Lipinski definition) is 0. The van der Waals surface area contributed by atoms with E-state index in [1.807, 2.05) is 0 Å². The van der Waals surface area contributed by atoms with E-state index in [4.69, 9.17) is 4.74 Å². The van der Waals surface area contributed by atoms with Crippen LogP contribution in [-0.2, 0) is 4.79 Å². The molecule has 0 fully saturated rings. The van der Waals surface area contributed by atoms with Gasteiger partial charge in [-0.3, -0.25) is 0 Å². The zero-order chi connectivity index (χ0) is 11.4. The molecule has 7 heteroatoms. The van der Waals surface area contributed by atoms with E-state index in [0.29, 0.717) is 17.1 Å². The van der Waals surface area contributed by atoms with Crippen LogP contribution in [0.5, 0.6) is 5.75 Å². The molecule has 0 aliphatic rings. The molecule has 0 aliphatic carbocycles. The molecule has 2 aromatic rings. The average molecular weight is 217 g/mol. The second-order valence-corrected chi connectivity index (χ2v) is 2.81. The van der Waals surface area contributed by atoms with Gasteiger partial charge in [-0.2, -0.15) is 9.67 Å². The Kier molecular flexibility index (Phi) is 2.71. The number of ether oxygens (including phenoxy) is 1. The van der Waals surface area contributed by atoms with Gasteiger partial charge in [0.1, 0.15) is 17.8 Å². The molecule has 0 bridgehead atoms. The summed E-state index contributed by atoms with van der Waals surface area (Å²) in [5.74, 6) is 0.517. The van der Waals surface area contributed by atoms with Crippen molar-refractivity contribution in [2.24, 2.45) is 4.99 Å². The van der Waals surface area contributed by atoms with E-state index in [0.717, 1.165) is 0 Å². The normalized spacial score (nSPS) is 9.56. The van der Waals surface area contributed by atoms with Gasteiger partial charge in [0, 0.05) is 6.07 Å². The molecule has 16 heavy (non-hydrogen) atoms. The van der Waals surface area contributed by atoms with Gasteiger partial charge in [0.05, 0.1) is 12.8 Å². The van der Waals surface area contributed by atoms with Crippen molar-refractivity contribution in [3.8, 4) is 11.4 Å². The lowest BCUT2D eigenvalue weighted by molar-refractivity contribution is 0.411. The molecule has 1 aromatic heterocycles. The predicted molar refractivity (Wildman–Crippen MR) is 53.5 cm³/mol. The van der Waals surface area contributed by atoms with Gasteiger partial charge in [0.2, 0.25) is 6.08 Å². The summed E-state index contributed by atoms with van der Waals surface area (Å²) in [6.07, 6.45) is 2.91. The number of rotatable bonds is 3. The lowest BCUT2D eigenvalue weighted by Gasteiger charge is -2.06. The summed E-state index contributed by atoms with van der Waals surface area (Å²) in [6.45, 7) is 0. The molecule has 0 unspecified atom stereocenters. The molecule has 0 N–H and O–H groups in total. The molecule has 0 saturated carbocycles. The molecule has 7 nitrogen and oxygen atoms in total. The van der Waals surface area contributed by atoms with Crippen molar-refractivity contribution >= 4 is 11.8 Å². The number of nitrogens with zero attached hydrogens (tertiary/aromatic N) is 5. The number of hydrogen-bond acceptors (Lipinski definition) is 6. The Hall–Kier alpha value is -2.53. The second-order valence-electron chi connectivity index (χ2n) is 2.81. The maximum absolute atomic E-state index is 10.1. The third-order valence-corrected chi connectivity index (χ3v) is 1.93. The maximum Gasteiger partial charge on any atom is 0.240 e. The fourth-order valence-electron chi connectivity index (χ4n) is 1.25. The lowest BCUT2D eigenvalue weighted by atomic mass is 10.2. The summed E-state index contributed by atoms with van der Waals surface area (Å²) in [6, 6.07) is 4.94. The molecule has 80 valence electrons. The van der Waals surface area contributed by atoms with Crippen molar-refractivity contribution < 1.29 is 9.53 Å². The van der Waals surface area contributed by atoms with E-state index in [2.05, 4.69) is 20.5 Å². The van der Waals surface area contributed by atoms with Crippen LogP contribution in [0.1, 0.15) is 0 Å². The monoisotopic (exact) mass is 217 g/mol. The number of tetrazole rings is 1. The van der Waals surface area contributed by atoms with Crippen LogP contribution >= 0.6 is 0 Å². The van der Waals surface area contributed by atoms with E-state index in [-0.39, 0.29) is 0 Å². The fraction of sp³-hybridized carbons (Fsp3) is 0.111. The molecule has 0 aliphatic heterocycles. The molecular weight excluding hydrogens is 210 g/mol. The van der Waals surface area contributed by atoms with Crippen molar-refractivity contribution in [1.82, 2.24) is 20.2 Å². The number of aromatic nitrogens is 4. The van der Waals surface area contributed by atoms with E-state index in [1.54, 1.807) is 18.2 Å². The van der Waals surface area contributed by atoms with Gasteiger partial charge in [-0.05, 0) is 22.6 Å². The topological polar surface area (TPSA) is 82.3 Å². The van der Waals surface area contributed by atoms with Crippen LogP contribution in [0.4, 0.5) is 5.69 Å². The molecular formula is C9H7N5O2. The molecule has 0 spiro atoms. The van der Waals surface area contributed by atoms with Crippen LogP contribution in [0, 0.1) is 0 Å². The van der Waals surface area contributed by atoms with Crippen LogP contribution in [0.25, 0.3) is 5.69 Å². The van der Waals surface area contributed by atoms with Crippen molar-refractivity contribution in [3.63, 3.8) is 0 Å². The van der Waals surface area contributed by atoms with E-state index in [9.17, 15) is 4.79 Å². The van der Waals surface area contributed by atoms with Crippen molar-refractivity contribution in [1.29, 1.82) is 0 Å². The molecule has 0 atom stereocenters. The largest absolute Gasteiger partial charge is 0.494 e. The van der Waals surface area contributed by atoms with Crippen molar-refractivity contribution in [2.75, 3.05) is 7.11 Å². The zero-order valence-electron chi connectivity index (χ0n) is 8.36. The number of benzene rings is 1. The average Bonchev–Trinajstić information content (AvgIpc) is 2.83. The van der Waals surface area contributed by atoms with Gasteiger partial charge in [0.25, 0.3) is 0 Å². The Morgan fingerprint density at radius 3 is 3.00 bits per heavy atom. The zero-order valence-corrected chi connectivity index (χ0v) is 8.36. The van der Waals surface area contributed by atoms with Crippen molar-refractivity contribution in [3.05, 3.63) is 24.5 Å². The third kappa shape index (κ3) is 1.79. The van der Waals surface area contributed by atoms with Crippen LogP contribution in [-0.4, -0.2) is 33.4 Å². The number of methoxy groups -OCH3 is 1. The number of aliphatic imine (C=N–C) groups is 1. The summed E-state index contributed by atoms with van der Waals surface area (Å²) in [5, 5.41) is 10.8. The first-order valence-electron chi connectivity index (χ1n) is 4.34. The van der Waals surface area contributed by atoms with Gasteiger partial charge in [-0.15, -0.1) is 5.10 Å². The Labute approximate surface area is 90.4 Å². The standard InChI is InChI=1S/C9H7N5O2/c1-16-9-4-7(10-6-15)2-3-8(9)14-5-11-12-13-14/h2-5H,1H3. The maximum atomic E-state index is 10.1. The molecule has 1 aromatic carbocycles. The molecule has 0 radical (unpaired) electrons. The van der Waals surface area contributed by atoms with Crippen LogP contribution in [0.2, 0.25) is 0 Å². The Morgan fingerprint density at radius 2 is 2.38 bits per heavy atom. The minimum absolute atomic E-state index is 0.462. The highest BCUT2D eigenvalue weighted by molar-refractivity contribution is 5.58. The summed E-state index contributed by atoms with van der Waals surface area (Å²) in [7, 11) is 1.51. The molecule has 1 heterocycles.